The second kappa shape index (κ2) is 7.14. The molecule has 0 aliphatic heterocycles. The molecule has 0 N–H and O–H groups in total. The first-order valence-electron chi connectivity index (χ1n) is 8.37. The molecule has 27 heavy (non-hydrogen) atoms. The molecule has 0 unspecified atom stereocenters. The molecule has 3 aromatic carbocycles. The highest BCUT2D eigenvalue weighted by molar-refractivity contribution is 5.43. The van der Waals surface area contributed by atoms with Crippen molar-refractivity contribution in [2.75, 3.05) is 0 Å². The molecule has 1 atom stereocenters. The summed E-state index contributed by atoms with van der Waals surface area (Å²) in [7, 11) is 0. The van der Waals surface area contributed by atoms with Gasteiger partial charge in [0.25, 0.3) is 0 Å². The minimum Gasteiger partial charge on any atom is -0.207 e. The molecule has 0 aromatic heterocycles. The lowest BCUT2D eigenvalue weighted by molar-refractivity contribution is -0.137. The molecule has 0 saturated heterocycles. The van der Waals surface area contributed by atoms with E-state index in [0.29, 0.717) is 18.1 Å². The zero-order valence-corrected chi connectivity index (χ0v) is 14.5. The largest absolute Gasteiger partial charge is 0.416 e. The van der Waals surface area contributed by atoms with Gasteiger partial charge >= 0.3 is 6.18 Å². The van der Waals surface area contributed by atoms with Gasteiger partial charge in [0, 0.05) is 5.41 Å². The predicted molar refractivity (Wildman–Crippen MR) is 94.4 cm³/mol. The number of hydrogen-bond acceptors (Lipinski definition) is 0. The van der Waals surface area contributed by atoms with Gasteiger partial charge in [0.05, 0.1) is 5.56 Å². The topological polar surface area (TPSA) is 0 Å². The van der Waals surface area contributed by atoms with Crippen LogP contribution in [0.1, 0.15) is 29.2 Å². The van der Waals surface area contributed by atoms with Crippen molar-refractivity contribution in [3.63, 3.8) is 0 Å². The fourth-order valence-electron chi connectivity index (χ4n) is 3.26. The highest BCUT2D eigenvalue weighted by Crippen LogP contribution is 2.39. The minimum atomic E-state index is -4.66. The van der Waals surface area contributed by atoms with E-state index in [1.54, 1.807) is 6.92 Å². The zero-order valence-electron chi connectivity index (χ0n) is 14.5. The first-order chi connectivity index (χ1) is 12.7. The molecule has 0 fully saturated rings. The summed E-state index contributed by atoms with van der Waals surface area (Å²) in [6, 6.07) is 17.3. The Morgan fingerprint density at radius 3 is 1.85 bits per heavy atom. The lowest BCUT2D eigenvalue weighted by Gasteiger charge is -2.32. The third kappa shape index (κ3) is 4.18. The highest BCUT2D eigenvalue weighted by atomic mass is 19.4. The average Bonchev–Trinajstić information content (AvgIpc) is 2.61. The summed E-state index contributed by atoms with van der Waals surface area (Å²) in [6.45, 7) is 1.74. The fraction of sp³-hybridized carbons (Fsp3) is 0.182. The Kier molecular flexibility index (Phi) is 5.05. The third-order valence-corrected chi connectivity index (χ3v) is 4.74. The van der Waals surface area contributed by atoms with E-state index in [9.17, 15) is 22.0 Å². The number of rotatable bonds is 4. The van der Waals surface area contributed by atoms with Crippen LogP contribution in [0.4, 0.5) is 22.0 Å². The van der Waals surface area contributed by atoms with Crippen molar-refractivity contribution in [3.8, 4) is 0 Å². The minimum absolute atomic E-state index is 0.185. The van der Waals surface area contributed by atoms with Crippen LogP contribution in [0, 0.1) is 11.6 Å². The van der Waals surface area contributed by atoms with Gasteiger partial charge in [-0.25, -0.2) is 8.78 Å². The van der Waals surface area contributed by atoms with E-state index in [1.807, 2.05) is 30.3 Å². The fourth-order valence-corrected chi connectivity index (χ4v) is 3.26. The molecule has 0 saturated carbocycles. The van der Waals surface area contributed by atoms with E-state index in [-0.39, 0.29) is 5.56 Å². The number of alkyl halides is 3. The van der Waals surface area contributed by atoms with Crippen LogP contribution in [0.25, 0.3) is 0 Å². The molecule has 0 bridgehead atoms. The predicted octanol–water partition coefficient (Wildman–Crippen LogP) is 6.53. The van der Waals surface area contributed by atoms with Crippen LogP contribution in [0.2, 0.25) is 0 Å². The highest BCUT2D eigenvalue weighted by Gasteiger charge is 2.35. The van der Waals surface area contributed by atoms with Crippen LogP contribution in [-0.2, 0) is 18.0 Å². The van der Waals surface area contributed by atoms with Crippen molar-refractivity contribution < 1.29 is 22.0 Å². The molecule has 0 heterocycles. The summed E-state index contributed by atoms with van der Waals surface area (Å²) in [4.78, 5) is 0. The molecule has 0 nitrogen and oxygen atoms in total. The molecular weight excluding hydrogens is 359 g/mol. The van der Waals surface area contributed by atoms with Gasteiger partial charge in [0.15, 0.2) is 0 Å². The SMILES string of the molecule is C[C@@](Cc1ccccc1)(c1ccc(F)cc1)c1cc(F)cc(C(F)(F)F)c1. The van der Waals surface area contributed by atoms with Gasteiger partial charge < -0.3 is 0 Å². The summed E-state index contributed by atoms with van der Waals surface area (Å²) in [6.07, 6.45) is -4.33. The van der Waals surface area contributed by atoms with Crippen LogP contribution in [0.15, 0.2) is 72.8 Å². The first-order valence-corrected chi connectivity index (χ1v) is 8.37. The molecule has 0 radical (unpaired) electrons. The van der Waals surface area contributed by atoms with Crippen LogP contribution < -0.4 is 0 Å². The Balaban J connectivity index is 2.18. The summed E-state index contributed by atoms with van der Waals surface area (Å²) in [5, 5.41) is 0. The quantitative estimate of drug-likeness (QED) is 0.454. The summed E-state index contributed by atoms with van der Waals surface area (Å²) >= 11 is 0. The van der Waals surface area contributed by atoms with Crippen molar-refractivity contribution in [1.82, 2.24) is 0 Å². The second-order valence-electron chi connectivity index (χ2n) is 6.73. The van der Waals surface area contributed by atoms with E-state index in [2.05, 4.69) is 0 Å². The van der Waals surface area contributed by atoms with Crippen LogP contribution in [0.3, 0.4) is 0 Å². The van der Waals surface area contributed by atoms with Crippen molar-refractivity contribution in [2.45, 2.75) is 24.9 Å². The molecule has 0 aliphatic rings. The molecule has 3 rings (SSSR count). The van der Waals surface area contributed by atoms with E-state index < -0.39 is 28.8 Å². The Bertz CT molecular complexity index is 914. The Labute approximate surface area is 154 Å². The average molecular weight is 376 g/mol. The summed E-state index contributed by atoms with van der Waals surface area (Å²) < 4.78 is 67.0. The lowest BCUT2D eigenvalue weighted by atomic mass is 9.71. The van der Waals surface area contributed by atoms with E-state index in [1.165, 1.54) is 24.3 Å². The van der Waals surface area contributed by atoms with Crippen molar-refractivity contribution in [2.24, 2.45) is 0 Å². The molecular formula is C22H17F5. The van der Waals surface area contributed by atoms with Crippen LogP contribution in [0.5, 0.6) is 0 Å². The number of hydrogen-bond donors (Lipinski definition) is 0. The molecule has 0 spiro atoms. The summed E-state index contributed by atoms with van der Waals surface area (Å²) in [5.41, 5.74) is -0.352. The van der Waals surface area contributed by atoms with Crippen molar-refractivity contribution in [3.05, 3.63) is 107 Å². The van der Waals surface area contributed by atoms with Gasteiger partial charge in [-0.15, -0.1) is 0 Å². The Morgan fingerprint density at radius 2 is 1.26 bits per heavy atom. The summed E-state index contributed by atoms with van der Waals surface area (Å²) in [5.74, 6) is -1.41. The smallest absolute Gasteiger partial charge is 0.207 e. The van der Waals surface area contributed by atoms with E-state index in [0.717, 1.165) is 17.7 Å². The van der Waals surface area contributed by atoms with Gasteiger partial charge in [-0.3, -0.25) is 0 Å². The lowest BCUT2D eigenvalue weighted by Crippen LogP contribution is -2.27. The van der Waals surface area contributed by atoms with Gasteiger partial charge in [0.1, 0.15) is 11.6 Å². The van der Waals surface area contributed by atoms with Gasteiger partial charge in [0.2, 0.25) is 0 Å². The van der Waals surface area contributed by atoms with Crippen LogP contribution >= 0.6 is 0 Å². The Hall–Kier alpha value is -2.69. The van der Waals surface area contributed by atoms with Crippen molar-refractivity contribution in [1.29, 1.82) is 0 Å². The maximum atomic E-state index is 14.0. The Morgan fingerprint density at radius 1 is 0.667 bits per heavy atom. The molecule has 0 amide bonds. The van der Waals surface area contributed by atoms with E-state index in [4.69, 9.17) is 0 Å². The molecule has 3 aromatic rings. The number of halogens is 5. The molecule has 140 valence electrons. The standard InChI is InChI=1S/C22H17F5/c1-21(14-15-5-3-2-4-6-15,16-7-9-19(23)10-8-16)17-11-18(22(25,26)27)13-20(24)12-17/h2-13H,14H2,1H3/t21-/m1/s1. The third-order valence-electron chi connectivity index (χ3n) is 4.74. The normalized spacial score (nSPS) is 14.0. The first kappa shape index (κ1) is 19.1. The maximum Gasteiger partial charge on any atom is 0.416 e. The molecule has 0 aliphatic carbocycles. The van der Waals surface area contributed by atoms with Gasteiger partial charge in [-0.05, 0) is 53.4 Å². The van der Waals surface area contributed by atoms with E-state index >= 15 is 0 Å². The molecule has 5 heteroatoms. The second-order valence-corrected chi connectivity index (χ2v) is 6.73. The van der Waals surface area contributed by atoms with Gasteiger partial charge in [-0.2, -0.15) is 13.2 Å². The van der Waals surface area contributed by atoms with Crippen LogP contribution in [-0.4, -0.2) is 0 Å². The monoisotopic (exact) mass is 376 g/mol. The van der Waals surface area contributed by atoms with Gasteiger partial charge in [-0.1, -0.05) is 49.4 Å². The maximum absolute atomic E-state index is 14.0. The van der Waals surface area contributed by atoms with Crippen molar-refractivity contribution >= 4 is 0 Å². The number of benzene rings is 3. The zero-order chi connectivity index (χ0) is 19.7.